The highest BCUT2D eigenvalue weighted by atomic mass is 16.4. The zero-order valence-corrected chi connectivity index (χ0v) is 10.7. The van der Waals surface area contributed by atoms with E-state index in [0.29, 0.717) is 11.4 Å². The summed E-state index contributed by atoms with van der Waals surface area (Å²) in [4.78, 5) is 25.9. The molecule has 0 atom stereocenters. The number of nitrogens with zero attached hydrogens (tertiary/aromatic N) is 1. The Balaban J connectivity index is 1.97. The predicted molar refractivity (Wildman–Crippen MR) is 72.3 cm³/mol. The number of aromatic carboxylic acids is 1. The third-order valence-corrected chi connectivity index (χ3v) is 2.41. The van der Waals surface area contributed by atoms with Crippen molar-refractivity contribution in [2.75, 3.05) is 5.32 Å². The van der Waals surface area contributed by atoms with E-state index in [1.165, 1.54) is 24.4 Å². The van der Waals surface area contributed by atoms with E-state index in [2.05, 4.69) is 10.3 Å². The molecule has 2 aromatic heterocycles. The molecule has 0 radical (unpaired) electrons. The van der Waals surface area contributed by atoms with E-state index < -0.39 is 5.97 Å². The first-order valence-electron chi connectivity index (χ1n) is 5.79. The number of carboxylic acids is 1. The van der Waals surface area contributed by atoms with Crippen molar-refractivity contribution in [3.63, 3.8) is 0 Å². The standard InChI is InChI=1S/C14H12N2O4/c1-9-2-4-11(20-9)5-7-13(17)16-10-3-6-12(14(18)19)15-8-10/h2-8H,1H3,(H,16,17)(H,18,19)/b7-5+. The van der Waals surface area contributed by atoms with Gasteiger partial charge in [0.15, 0.2) is 0 Å². The lowest BCUT2D eigenvalue weighted by Crippen LogP contribution is -2.09. The number of hydrogen-bond donors (Lipinski definition) is 2. The molecule has 2 heterocycles. The first kappa shape index (κ1) is 13.5. The van der Waals surface area contributed by atoms with Crippen molar-refractivity contribution < 1.29 is 19.1 Å². The maximum Gasteiger partial charge on any atom is 0.354 e. The Morgan fingerprint density at radius 3 is 2.65 bits per heavy atom. The van der Waals surface area contributed by atoms with Crippen LogP contribution in [-0.2, 0) is 4.79 Å². The molecule has 20 heavy (non-hydrogen) atoms. The molecule has 2 N–H and O–H groups in total. The van der Waals surface area contributed by atoms with Gasteiger partial charge in [0.25, 0.3) is 0 Å². The third-order valence-electron chi connectivity index (χ3n) is 2.41. The molecule has 6 heteroatoms. The smallest absolute Gasteiger partial charge is 0.354 e. The van der Waals surface area contributed by atoms with E-state index >= 15 is 0 Å². The average molecular weight is 272 g/mol. The Morgan fingerprint density at radius 2 is 2.10 bits per heavy atom. The molecule has 6 nitrogen and oxygen atoms in total. The lowest BCUT2D eigenvalue weighted by atomic mass is 10.3. The van der Waals surface area contributed by atoms with Crippen molar-refractivity contribution in [2.24, 2.45) is 0 Å². The Labute approximate surface area is 114 Å². The summed E-state index contributed by atoms with van der Waals surface area (Å²) in [5.74, 6) is -0.129. The van der Waals surface area contributed by atoms with Gasteiger partial charge in [0.05, 0.1) is 11.9 Å². The summed E-state index contributed by atoms with van der Waals surface area (Å²) in [6.07, 6.45) is 4.15. The minimum Gasteiger partial charge on any atom is -0.477 e. The van der Waals surface area contributed by atoms with Crippen molar-refractivity contribution in [3.05, 3.63) is 53.8 Å². The molecule has 2 aromatic rings. The number of anilines is 1. The van der Waals surface area contributed by atoms with Crippen molar-refractivity contribution in [3.8, 4) is 0 Å². The van der Waals surface area contributed by atoms with Crippen molar-refractivity contribution in [1.82, 2.24) is 4.98 Å². The van der Waals surface area contributed by atoms with E-state index in [1.54, 1.807) is 18.2 Å². The van der Waals surface area contributed by atoms with Crippen molar-refractivity contribution in [1.29, 1.82) is 0 Å². The Bertz CT molecular complexity index is 656. The second-order valence-corrected chi connectivity index (χ2v) is 4.01. The van der Waals surface area contributed by atoms with Crippen LogP contribution in [0.3, 0.4) is 0 Å². The number of carbonyl (C=O) groups is 2. The minimum atomic E-state index is -1.11. The van der Waals surface area contributed by atoms with Crippen LogP contribution >= 0.6 is 0 Å². The maximum atomic E-state index is 11.6. The zero-order valence-electron chi connectivity index (χ0n) is 10.7. The number of pyridine rings is 1. The van der Waals surface area contributed by atoms with Crippen LogP contribution in [0.1, 0.15) is 22.0 Å². The van der Waals surface area contributed by atoms with Crippen molar-refractivity contribution >= 4 is 23.6 Å². The quantitative estimate of drug-likeness (QED) is 0.833. The van der Waals surface area contributed by atoms with Crippen molar-refractivity contribution in [2.45, 2.75) is 6.92 Å². The second-order valence-electron chi connectivity index (χ2n) is 4.01. The largest absolute Gasteiger partial charge is 0.477 e. The number of nitrogens with one attached hydrogen (secondary N) is 1. The molecule has 102 valence electrons. The first-order chi connectivity index (χ1) is 9.54. The predicted octanol–water partition coefficient (Wildman–Crippen LogP) is 2.33. The van der Waals surface area contributed by atoms with Gasteiger partial charge in [0.2, 0.25) is 5.91 Å². The summed E-state index contributed by atoms with van der Waals surface area (Å²) in [6.45, 7) is 1.81. The summed E-state index contributed by atoms with van der Waals surface area (Å²) < 4.78 is 5.28. The van der Waals surface area contributed by atoms with Crippen LogP contribution in [0, 0.1) is 6.92 Å². The fourth-order valence-electron chi connectivity index (χ4n) is 1.48. The molecule has 0 saturated heterocycles. The minimum absolute atomic E-state index is 0.0791. The Kier molecular flexibility index (Phi) is 3.95. The van der Waals surface area contributed by atoms with E-state index in [-0.39, 0.29) is 11.6 Å². The lowest BCUT2D eigenvalue weighted by Gasteiger charge is -2.01. The molecule has 0 unspecified atom stereocenters. The van der Waals surface area contributed by atoms with Gasteiger partial charge in [-0.2, -0.15) is 0 Å². The van der Waals surface area contributed by atoms with Crippen LogP contribution in [-0.4, -0.2) is 22.0 Å². The number of carbonyl (C=O) groups excluding carboxylic acids is 1. The van der Waals surface area contributed by atoms with Crippen LogP contribution in [0.5, 0.6) is 0 Å². The Morgan fingerprint density at radius 1 is 1.30 bits per heavy atom. The molecular formula is C14H12N2O4. The molecule has 0 bridgehead atoms. The van der Waals surface area contributed by atoms with Gasteiger partial charge in [-0.05, 0) is 37.3 Å². The molecule has 0 aromatic carbocycles. The second kappa shape index (κ2) is 5.83. The SMILES string of the molecule is Cc1ccc(/C=C/C(=O)Nc2ccc(C(=O)O)nc2)o1. The van der Waals surface area contributed by atoms with Gasteiger partial charge < -0.3 is 14.8 Å². The number of furan rings is 1. The molecule has 1 amide bonds. The molecule has 0 spiro atoms. The van der Waals surface area contributed by atoms with Gasteiger partial charge in [-0.25, -0.2) is 9.78 Å². The van der Waals surface area contributed by atoms with Gasteiger partial charge in [0, 0.05) is 6.08 Å². The monoisotopic (exact) mass is 272 g/mol. The van der Waals surface area contributed by atoms with Gasteiger partial charge >= 0.3 is 5.97 Å². The topological polar surface area (TPSA) is 92.4 Å². The van der Waals surface area contributed by atoms with Gasteiger partial charge in [-0.1, -0.05) is 0 Å². The molecule has 0 saturated carbocycles. The van der Waals surface area contributed by atoms with E-state index in [0.717, 1.165) is 5.76 Å². The summed E-state index contributed by atoms with van der Waals surface area (Å²) in [6, 6.07) is 6.34. The fourth-order valence-corrected chi connectivity index (χ4v) is 1.48. The lowest BCUT2D eigenvalue weighted by molar-refractivity contribution is -0.111. The summed E-state index contributed by atoms with van der Waals surface area (Å²) in [5, 5.41) is 11.3. The number of carboxylic acid groups (broad SMARTS) is 1. The van der Waals surface area contributed by atoms with Gasteiger partial charge in [-0.15, -0.1) is 0 Å². The normalized spacial score (nSPS) is 10.7. The summed E-state index contributed by atoms with van der Waals surface area (Å²) in [5.41, 5.74) is 0.338. The highest BCUT2D eigenvalue weighted by Gasteiger charge is 2.04. The van der Waals surface area contributed by atoms with Gasteiger partial charge in [-0.3, -0.25) is 4.79 Å². The first-order valence-corrected chi connectivity index (χ1v) is 5.79. The maximum absolute atomic E-state index is 11.6. The molecule has 0 fully saturated rings. The summed E-state index contributed by atoms with van der Waals surface area (Å²) in [7, 11) is 0. The van der Waals surface area contributed by atoms with E-state index in [9.17, 15) is 9.59 Å². The average Bonchev–Trinajstić information content (AvgIpc) is 2.83. The van der Waals surface area contributed by atoms with Crippen LogP contribution in [0.15, 0.2) is 41.0 Å². The zero-order chi connectivity index (χ0) is 14.5. The number of aromatic nitrogens is 1. The van der Waals surface area contributed by atoms with Crippen LogP contribution in [0.4, 0.5) is 5.69 Å². The van der Waals surface area contributed by atoms with Crippen LogP contribution in [0.2, 0.25) is 0 Å². The summed E-state index contributed by atoms with van der Waals surface area (Å²) >= 11 is 0. The number of hydrogen-bond acceptors (Lipinski definition) is 4. The molecule has 2 rings (SSSR count). The van der Waals surface area contributed by atoms with Crippen LogP contribution < -0.4 is 5.32 Å². The van der Waals surface area contributed by atoms with E-state index in [4.69, 9.17) is 9.52 Å². The highest BCUT2D eigenvalue weighted by molar-refractivity contribution is 6.01. The van der Waals surface area contributed by atoms with Crippen LogP contribution in [0.25, 0.3) is 6.08 Å². The molecular weight excluding hydrogens is 260 g/mol. The Hall–Kier alpha value is -2.89. The third kappa shape index (κ3) is 3.55. The number of rotatable bonds is 4. The van der Waals surface area contributed by atoms with Gasteiger partial charge in [0.1, 0.15) is 17.2 Å². The highest BCUT2D eigenvalue weighted by Crippen LogP contribution is 2.09. The number of amides is 1. The molecule has 0 aliphatic carbocycles. The van der Waals surface area contributed by atoms with E-state index in [1.807, 2.05) is 6.92 Å². The number of aryl methyl sites for hydroxylation is 1. The fraction of sp³-hybridized carbons (Fsp3) is 0.0714. The molecule has 0 aliphatic rings. The molecule has 0 aliphatic heterocycles.